The highest BCUT2D eigenvalue weighted by molar-refractivity contribution is 5.79. The number of aromatic nitrogens is 5. The first-order valence-electron chi connectivity index (χ1n) is 8.58. The Balaban J connectivity index is 1.83. The van der Waals surface area contributed by atoms with Crippen LogP contribution in [0, 0.1) is 5.82 Å². The highest BCUT2D eigenvalue weighted by Crippen LogP contribution is 2.29. The first kappa shape index (κ1) is 17.6. The minimum Gasteiger partial charge on any atom is -0.309 e. The third-order valence-corrected chi connectivity index (χ3v) is 4.45. The molecule has 7 nitrogen and oxygen atoms in total. The Hall–Kier alpha value is -3.81. The first-order chi connectivity index (χ1) is 13.5. The summed E-state index contributed by atoms with van der Waals surface area (Å²) in [5, 5.41) is 3.04. The molecule has 1 N–H and O–H groups in total. The second-order valence-corrected chi connectivity index (χ2v) is 6.19. The zero-order chi connectivity index (χ0) is 19.7. The summed E-state index contributed by atoms with van der Waals surface area (Å²) in [6, 6.07) is 13.0. The summed E-state index contributed by atoms with van der Waals surface area (Å²) in [5.41, 5.74) is 2.06. The van der Waals surface area contributed by atoms with Gasteiger partial charge in [0.2, 0.25) is 5.95 Å². The molecule has 8 heteroatoms. The SMILES string of the molecule is Cn1c(-c2ccnc(Nc3ccccn3)n2)c(-c2ccc(F)cc2)c(=O)n1C. The summed E-state index contributed by atoms with van der Waals surface area (Å²) in [6.45, 7) is 0. The number of benzene rings is 1. The number of halogens is 1. The van der Waals surface area contributed by atoms with Crippen molar-refractivity contribution in [3.05, 3.63) is 77.1 Å². The number of hydrogen-bond donors (Lipinski definition) is 1. The van der Waals surface area contributed by atoms with E-state index in [9.17, 15) is 9.18 Å². The molecule has 1 aromatic carbocycles. The van der Waals surface area contributed by atoms with Crippen molar-refractivity contribution in [3.63, 3.8) is 0 Å². The highest BCUT2D eigenvalue weighted by Gasteiger charge is 2.20. The molecule has 0 unspecified atom stereocenters. The van der Waals surface area contributed by atoms with Gasteiger partial charge in [0, 0.05) is 26.5 Å². The van der Waals surface area contributed by atoms with Gasteiger partial charge >= 0.3 is 0 Å². The van der Waals surface area contributed by atoms with Crippen molar-refractivity contribution < 1.29 is 4.39 Å². The van der Waals surface area contributed by atoms with E-state index in [-0.39, 0.29) is 11.4 Å². The maximum Gasteiger partial charge on any atom is 0.274 e. The van der Waals surface area contributed by atoms with Crippen LogP contribution in [0.1, 0.15) is 0 Å². The zero-order valence-electron chi connectivity index (χ0n) is 15.3. The van der Waals surface area contributed by atoms with Crippen LogP contribution in [0.5, 0.6) is 0 Å². The summed E-state index contributed by atoms with van der Waals surface area (Å²) in [7, 11) is 3.45. The molecule has 4 aromatic rings. The number of hydrogen-bond acceptors (Lipinski definition) is 5. The average molecular weight is 376 g/mol. The van der Waals surface area contributed by atoms with Gasteiger partial charge in [0.1, 0.15) is 11.6 Å². The molecule has 4 rings (SSSR count). The van der Waals surface area contributed by atoms with Crippen molar-refractivity contribution in [2.45, 2.75) is 0 Å². The Morgan fingerprint density at radius 2 is 1.71 bits per heavy atom. The lowest BCUT2D eigenvalue weighted by Gasteiger charge is -2.09. The Labute approximate surface area is 160 Å². The van der Waals surface area contributed by atoms with Gasteiger partial charge in [-0.3, -0.25) is 14.2 Å². The quantitative estimate of drug-likeness (QED) is 0.592. The van der Waals surface area contributed by atoms with E-state index < -0.39 is 0 Å². The Kier molecular flexibility index (Phi) is 4.44. The Morgan fingerprint density at radius 3 is 2.43 bits per heavy atom. The molecular weight excluding hydrogens is 359 g/mol. The fourth-order valence-electron chi connectivity index (χ4n) is 2.98. The number of nitrogens with zero attached hydrogens (tertiary/aromatic N) is 5. The molecule has 0 fully saturated rings. The van der Waals surface area contributed by atoms with Crippen LogP contribution < -0.4 is 10.9 Å². The molecule has 0 bridgehead atoms. The van der Waals surface area contributed by atoms with Gasteiger partial charge in [-0.15, -0.1) is 0 Å². The van der Waals surface area contributed by atoms with E-state index in [1.807, 2.05) is 12.1 Å². The maximum atomic E-state index is 13.3. The molecule has 0 saturated heterocycles. The van der Waals surface area contributed by atoms with Crippen LogP contribution >= 0.6 is 0 Å². The molecule has 0 saturated carbocycles. The zero-order valence-corrected chi connectivity index (χ0v) is 15.3. The second-order valence-electron chi connectivity index (χ2n) is 6.19. The molecule has 0 spiro atoms. The van der Waals surface area contributed by atoms with Crippen LogP contribution in [-0.2, 0) is 14.1 Å². The van der Waals surface area contributed by atoms with Gasteiger partial charge < -0.3 is 5.32 Å². The molecule has 0 radical (unpaired) electrons. The first-order valence-corrected chi connectivity index (χ1v) is 8.58. The van der Waals surface area contributed by atoms with Crippen molar-refractivity contribution in [1.82, 2.24) is 24.3 Å². The van der Waals surface area contributed by atoms with E-state index in [2.05, 4.69) is 20.3 Å². The molecule has 0 aliphatic carbocycles. The van der Waals surface area contributed by atoms with Crippen LogP contribution in [0.15, 0.2) is 65.7 Å². The minimum absolute atomic E-state index is 0.193. The largest absolute Gasteiger partial charge is 0.309 e. The van der Waals surface area contributed by atoms with Crippen LogP contribution in [0.2, 0.25) is 0 Å². The molecule has 0 aliphatic rings. The summed E-state index contributed by atoms with van der Waals surface area (Å²) in [6.07, 6.45) is 3.28. The van der Waals surface area contributed by atoms with Gasteiger partial charge in [-0.2, -0.15) is 0 Å². The monoisotopic (exact) mass is 376 g/mol. The number of rotatable bonds is 4. The van der Waals surface area contributed by atoms with Crippen molar-refractivity contribution in [1.29, 1.82) is 0 Å². The normalized spacial score (nSPS) is 10.8. The second kappa shape index (κ2) is 7.07. The summed E-state index contributed by atoms with van der Waals surface area (Å²) in [4.78, 5) is 25.8. The summed E-state index contributed by atoms with van der Waals surface area (Å²) in [5.74, 6) is 0.611. The summed E-state index contributed by atoms with van der Waals surface area (Å²) < 4.78 is 16.6. The topological polar surface area (TPSA) is 77.6 Å². The van der Waals surface area contributed by atoms with E-state index in [0.717, 1.165) is 0 Å². The molecular formula is C20H17FN6O. The Morgan fingerprint density at radius 1 is 0.929 bits per heavy atom. The van der Waals surface area contributed by atoms with Crippen molar-refractivity contribution in [3.8, 4) is 22.5 Å². The van der Waals surface area contributed by atoms with Gasteiger partial charge in [0.25, 0.3) is 5.56 Å². The van der Waals surface area contributed by atoms with Crippen molar-refractivity contribution in [2.75, 3.05) is 5.32 Å². The van der Waals surface area contributed by atoms with Gasteiger partial charge in [0.05, 0.1) is 17.0 Å². The highest BCUT2D eigenvalue weighted by atomic mass is 19.1. The van der Waals surface area contributed by atoms with Crippen LogP contribution in [-0.4, -0.2) is 24.3 Å². The summed E-state index contributed by atoms with van der Waals surface area (Å²) >= 11 is 0. The predicted molar refractivity (Wildman–Crippen MR) is 105 cm³/mol. The van der Waals surface area contributed by atoms with Gasteiger partial charge in [0.15, 0.2) is 0 Å². The average Bonchev–Trinajstić information content (AvgIpc) is 2.94. The van der Waals surface area contributed by atoms with Crippen LogP contribution in [0.4, 0.5) is 16.2 Å². The molecule has 140 valence electrons. The van der Waals surface area contributed by atoms with E-state index in [1.165, 1.54) is 16.8 Å². The lowest BCUT2D eigenvalue weighted by Crippen LogP contribution is -2.17. The van der Waals surface area contributed by atoms with Gasteiger partial charge in [-0.05, 0) is 35.9 Å². The van der Waals surface area contributed by atoms with E-state index >= 15 is 0 Å². The lowest BCUT2D eigenvalue weighted by molar-refractivity contribution is 0.583. The standard InChI is InChI=1S/C20H17FN6O/c1-26-18(17(19(28)27(26)2)13-6-8-14(21)9-7-13)15-10-12-23-20(24-15)25-16-5-3-4-11-22-16/h3-12H,1-2H3,(H,22,23,24,25). The maximum absolute atomic E-state index is 13.3. The van der Waals surface area contributed by atoms with E-state index in [4.69, 9.17) is 0 Å². The van der Waals surface area contributed by atoms with E-state index in [1.54, 1.807) is 55.4 Å². The van der Waals surface area contributed by atoms with Crippen molar-refractivity contribution >= 4 is 11.8 Å². The van der Waals surface area contributed by atoms with Crippen LogP contribution in [0.25, 0.3) is 22.5 Å². The third-order valence-electron chi connectivity index (χ3n) is 4.45. The number of pyridine rings is 1. The fraction of sp³-hybridized carbons (Fsp3) is 0.100. The smallest absolute Gasteiger partial charge is 0.274 e. The lowest BCUT2D eigenvalue weighted by atomic mass is 10.0. The molecule has 3 heterocycles. The molecule has 0 aliphatic heterocycles. The van der Waals surface area contributed by atoms with Gasteiger partial charge in [-0.1, -0.05) is 18.2 Å². The minimum atomic E-state index is -0.359. The molecule has 3 aromatic heterocycles. The van der Waals surface area contributed by atoms with Crippen molar-refractivity contribution in [2.24, 2.45) is 14.1 Å². The Bertz CT molecular complexity index is 1180. The van der Waals surface area contributed by atoms with Crippen LogP contribution in [0.3, 0.4) is 0 Å². The molecule has 0 amide bonds. The number of anilines is 2. The van der Waals surface area contributed by atoms with Gasteiger partial charge in [-0.25, -0.2) is 19.3 Å². The molecule has 0 atom stereocenters. The van der Waals surface area contributed by atoms with E-state index in [0.29, 0.717) is 34.3 Å². The third kappa shape index (κ3) is 3.16. The number of nitrogens with one attached hydrogen (secondary N) is 1. The predicted octanol–water partition coefficient (Wildman–Crippen LogP) is 3.13. The fourth-order valence-corrected chi connectivity index (χ4v) is 2.98. The molecule has 28 heavy (non-hydrogen) atoms.